The summed E-state index contributed by atoms with van der Waals surface area (Å²) in [4.78, 5) is 27.1. The number of nitrogens with one attached hydrogen (secondary N) is 1. The molecule has 0 aliphatic rings. The van der Waals surface area contributed by atoms with Crippen LogP contribution in [0.2, 0.25) is 0 Å². The number of carbonyl (C=O) groups is 2. The molecule has 3 N–H and O–H groups in total. The van der Waals surface area contributed by atoms with Crippen molar-refractivity contribution in [1.82, 2.24) is 5.32 Å². The number of alkyl carbamates (subject to hydrolysis) is 1. The summed E-state index contributed by atoms with van der Waals surface area (Å²) < 4.78 is 9.78. The fourth-order valence-corrected chi connectivity index (χ4v) is 1.46. The number of nitrogens with zero attached hydrogens (tertiary/aromatic N) is 1. The zero-order valence-corrected chi connectivity index (χ0v) is 13.6. The molecule has 0 atom stereocenters. The van der Waals surface area contributed by atoms with Gasteiger partial charge in [-0.2, -0.15) is 0 Å². The van der Waals surface area contributed by atoms with Gasteiger partial charge in [0.1, 0.15) is 5.60 Å². The Balaban J connectivity index is 4.70. The van der Waals surface area contributed by atoms with Crippen LogP contribution in [0, 0.1) is 0 Å². The van der Waals surface area contributed by atoms with E-state index in [1.807, 2.05) is 0 Å². The van der Waals surface area contributed by atoms with E-state index in [4.69, 9.17) is 10.5 Å². The van der Waals surface area contributed by atoms with Crippen molar-refractivity contribution in [3.8, 4) is 0 Å². The maximum absolute atomic E-state index is 11.7. The predicted octanol–water partition coefficient (Wildman–Crippen LogP) is 1.38. The highest BCUT2D eigenvalue weighted by Crippen LogP contribution is 2.09. The molecule has 0 saturated carbocycles. The van der Waals surface area contributed by atoms with E-state index >= 15 is 0 Å². The summed E-state index contributed by atoms with van der Waals surface area (Å²) in [6, 6.07) is 0. The Labute approximate surface area is 125 Å². The van der Waals surface area contributed by atoms with Crippen molar-refractivity contribution in [3.63, 3.8) is 0 Å². The molecule has 0 unspecified atom stereocenters. The summed E-state index contributed by atoms with van der Waals surface area (Å²) in [6.07, 6.45) is -0.243. The average molecular weight is 299 g/mol. The van der Waals surface area contributed by atoms with Crippen LogP contribution in [-0.4, -0.2) is 44.1 Å². The predicted molar refractivity (Wildman–Crippen MR) is 81.1 cm³/mol. The quantitative estimate of drug-likeness (QED) is 0.453. The third-order valence-electron chi connectivity index (χ3n) is 2.47. The molecule has 7 nitrogen and oxygen atoms in total. The van der Waals surface area contributed by atoms with Gasteiger partial charge in [0.15, 0.2) is 0 Å². The number of ether oxygens (including phenoxy) is 2. The number of carbonyl (C=O) groups excluding carboxylic acids is 2. The summed E-state index contributed by atoms with van der Waals surface area (Å²) in [6.45, 7) is 7.24. The van der Waals surface area contributed by atoms with Crippen LogP contribution >= 0.6 is 0 Å². The highest BCUT2D eigenvalue weighted by Gasteiger charge is 2.18. The Bertz CT molecular complexity index is 448. The standard InChI is InChI=1S/C14H25N3O4/c1-9(16-5)11(12(18)20-6)10(15)7-8-17-13(19)21-14(2,3)4/h7-8,15H2,1-6H3,(H,17,19)/b11-10+,16-9?. The van der Waals surface area contributed by atoms with Crippen molar-refractivity contribution in [1.29, 1.82) is 0 Å². The van der Waals surface area contributed by atoms with Gasteiger partial charge in [-0.1, -0.05) is 0 Å². The van der Waals surface area contributed by atoms with Gasteiger partial charge < -0.3 is 20.5 Å². The number of nitrogens with two attached hydrogens (primary N) is 1. The summed E-state index contributed by atoms with van der Waals surface area (Å²) >= 11 is 0. The van der Waals surface area contributed by atoms with Crippen molar-refractivity contribution in [2.45, 2.75) is 39.7 Å². The zero-order valence-electron chi connectivity index (χ0n) is 13.6. The third-order valence-corrected chi connectivity index (χ3v) is 2.47. The molecule has 0 aromatic carbocycles. The monoisotopic (exact) mass is 299 g/mol. The van der Waals surface area contributed by atoms with Gasteiger partial charge in [0.2, 0.25) is 0 Å². The van der Waals surface area contributed by atoms with Crippen LogP contribution in [0.1, 0.15) is 34.1 Å². The van der Waals surface area contributed by atoms with E-state index in [0.29, 0.717) is 11.4 Å². The van der Waals surface area contributed by atoms with Crippen LogP contribution in [0.3, 0.4) is 0 Å². The molecule has 21 heavy (non-hydrogen) atoms. The van der Waals surface area contributed by atoms with Crippen molar-refractivity contribution in [3.05, 3.63) is 11.3 Å². The van der Waals surface area contributed by atoms with Crippen LogP contribution in [0.5, 0.6) is 0 Å². The number of aliphatic imine (C=N–C) groups is 1. The number of esters is 1. The molecule has 0 heterocycles. The maximum Gasteiger partial charge on any atom is 0.407 e. The summed E-state index contributed by atoms with van der Waals surface area (Å²) in [7, 11) is 2.84. The van der Waals surface area contributed by atoms with Gasteiger partial charge in [-0.25, -0.2) is 9.59 Å². The molecular formula is C14H25N3O4. The molecular weight excluding hydrogens is 274 g/mol. The molecule has 0 saturated heterocycles. The van der Waals surface area contributed by atoms with Gasteiger partial charge in [0.05, 0.1) is 12.7 Å². The molecule has 0 aromatic rings. The third kappa shape index (κ3) is 7.34. The van der Waals surface area contributed by atoms with Crippen LogP contribution < -0.4 is 11.1 Å². The van der Waals surface area contributed by atoms with Gasteiger partial charge in [-0.05, 0) is 27.7 Å². The SMILES string of the molecule is CN=C(C)/C(C(=O)OC)=C(\N)CCNC(=O)OC(C)(C)C. The average Bonchev–Trinajstić information content (AvgIpc) is 2.36. The van der Waals surface area contributed by atoms with Gasteiger partial charge in [0, 0.05) is 31.4 Å². The Morgan fingerprint density at radius 1 is 1.29 bits per heavy atom. The lowest BCUT2D eigenvalue weighted by Crippen LogP contribution is -2.33. The van der Waals surface area contributed by atoms with Gasteiger partial charge in [0.25, 0.3) is 0 Å². The molecule has 7 heteroatoms. The molecule has 0 radical (unpaired) electrons. The minimum Gasteiger partial charge on any atom is -0.465 e. The van der Waals surface area contributed by atoms with Gasteiger partial charge in [-0.15, -0.1) is 0 Å². The second-order valence-corrected chi connectivity index (χ2v) is 5.38. The van der Waals surface area contributed by atoms with Crippen molar-refractivity contribution < 1.29 is 19.1 Å². The number of amides is 1. The Kier molecular flexibility index (Phi) is 7.48. The largest absolute Gasteiger partial charge is 0.465 e. The first-order valence-corrected chi connectivity index (χ1v) is 6.60. The highest BCUT2D eigenvalue weighted by molar-refractivity contribution is 6.19. The van der Waals surface area contributed by atoms with Crippen LogP contribution in [0.15, 0.2) is 16.3 Å². The van der Waals surface area contributed by atoms with E-state index in [9.17, 15) is 9.59 Å². The Hall–Kier alpha value is -2.05. The molecule has 1 amide bonds. The zero-order chi connectivity index (χ0) is 16.6. The van der Waals surface area contributed by atoms with Crippen molar-refractivity contribution >= 4 is 17.8 Å². The van der Waals surface area contributed by atoms with E-state index in [0.717, 1.165) is 0 Å². The first kappa shape index (κ1) is 18.9. The molecule has 0 bridgehead atoms. The molecule has 0 rings (SSSR count). The topological polar surface area (TPSA) is 103 Å². The minimum absolute atomic E-state index is 0.228. The summed E-state index contributed by atoms with van der Waals surface area (Å²) in [5.41, 5.74) is 6.35. The number of hydrogen-bond donors (Lipinski definition) is 2. The molecule has 0 aliphatic carbocycles. The lowest BCUT2D eigenvalue weighted by molar-refractivity contribution is -0.135. The smallest absolute Gasteiger partial charge is 0.407 e. The first-order valence-electron chi connectivity index (χ1n) is 6.60. The van der Waals surface area contributed by atoms with E-state index in [2.05, 4.69) is 15.0 Å². The highest BCUT2D eigenvalue weighted by atomic mass is 16.6. The first-order chi connectivity index (χ1) is 9.62. The fraction of sp³-hybridized carbons (Fsp3) is 0.643. The van der Waals surface area contributed by atoms with E-state index in [1.54, 1.807) is 34.7 Å². The number of methoxy groups -OCH3 is 1. The lowest BCUT2D eigenvalue weighted by atomic mass is 10.1. The lowest BCUT2D eigenvalue weighted by Gasteiger charge is -2.19. The molecule has 120 valence electrons. The number of hydrogen-bond acceptors (Lipinski definition) is 6. The van der Waals surface area contributed by atoms with Gasteiger partial charge in [-0.3, -0.25) is 4.99 Å². The van der Waals surface area contributed by atoms with E-state index < -0.39 is 17.7 Å². The fourth-order valence-electron chi connectivity index (χ4n) is 1.46. The van der Waals surface area contributed by atoms with E-state index in [1.165, 1.54) is 7.11 Å². The van der Waals surface area contributed by atoms with Crippen LogP contribution in [0.4, 0.5) is 4.79 Å². The van der Waals surface area contributed by atoms with Crippen LogP contribution in [0.25, 0.3) is 0 Å². The Morgan fingerprint density at radius 2 is 1.86 bits per heavy atom. The molecule has 0 aliphatic heterocycles. The number of rotatable bonds is 5. The normalized spacial score (nSPS) is 13.3. The van der Waals surface area contributed by atoms with Crippen LogP contribution in [-0.2, 0) is 14.3 Å². The van der Waals surface area contributed by atoms with Crippen molar-refractivity contribution in [2.24, 2.45) is 10.7 Å². The minimum atomic E-state index is -0.561. The molecule has 0 spiro atoms. The maximum atomic E-state index is 11.7. The Morgan fingerprint density at radius 3 is 2.29 bits per heavy atom. The summed E-state index contributed by atoms with van der Waals surface area (Å²) in [5.74, 6) is -0.548. The molecule has 0 aromatic heterocycles. The second-order valence-electron chi connectivity index (χ2n) is 5.38. The summed E-state index contributed by atoms with van der Waals surface area (Å²) in [5, 5.41) is 2.57. The van der Waals surface area contributed by atoms with Gasteiger partial charge >= 0.3 is 12.1 Å². The van der Waals surface area contributed by atoms with E-state index in [-0.39, 0.29) is 18.5 Å². The molecule has 0 fully saturated rings. The second kappa shape index (κ2) is 8.28. The van der Waals surface area contributed by atoms with Crippen molar-refractivity contribution in [2.75, 3.05) is 20.7 Å².